The Hall–Kier alpha value is -2.09. The van der Waals surface area contributed by atoms with Gasteiger partial charge in [0.25, 0.3) is 5.91 Å². The molecular formula is C17H18NO. The third-order valence-corrected chi connectivity index (χ3v) is 3.13. The zero-order valence-electron chi connectivity index (χ0n) is 11.1. The average Bonchev–Trinajstić information content (AvgIpc) is 2.45. The van der Waals surface area contributed by atoms with Gasteiger partial charge in [-0.05, 0) is 36.1 Å². The minimum absolute atomic E-state index is 0.0479. The quantitative estimate of drug-likeness (QED) is 0.887. The topological polar surface area (TPSA) is 29.1 Å². The van der Waals surface area contributed by atoms with Crippen LogP contribution >= 0.6 is 0 Å². The Bertz CT molecular complexity index is 548. The lowest BCUT2D eigenvalue weighted by Crippen LogP contribution is -2.27. The Morgan fingerprint density at radius 3 is 2.58 bits per heavy atom. The molecule has 1 unspecified atom stereocenters. The van der Waals surface area contributed by atoms with Gasteiger partial charge >= 0.3 is 0 Å². The number of carbonyl (C=O) groups is 1. The molecule has 2 rings (SSSR count). The third-order valence-electron chi connectivity index (χ3n) is 3.13. The van der Waals surface area contributed by atoms with Gasteiger partial charge in [0.05, 0.1) is 0 Å². The fourth-order valence-electron chi connectivity index (χ4n) is 1.96. The molecule has 2 aromatic carbocycles. The molecule has 0 aliphatic heterocycles. The smallest absolute Gasteiger partial charge is 0.251 e. The van der Waals surface area contributed by atoms with E-state index in [1.54, 1.807) is 12.1 Å². The number of hydrogen-bond acceptors (Lipinski definition) is 1. The number of nitrogens with one attached hydrogen (secondary N) is 1. The monoisotopic (exact) mass is 252 g/mol. The minimum atomic E-state index is -0.0479. The summed E-state index contributed by atoms with van der Waals surface area (Å²) in [7, 11) is 0. The van der Waals surface area contributed by atoms with Crippen molar-refractivity contribution in [1.82, 2.24) is 5.32 Å². The van der Waals surface area contributed by atoms with E-state index in [1.165, 1.54) is 5.56 Å². The molecule has 0 aliphatic carbocycles. The van der Waals surface area contributed by atoms with Gasteiger partial charge < -0.3 is 5.32 Å². The van der Waals surface area contributed by atoms with E-state index < -0.39 is 0 Å². The Balaban J connectivity index is 1.94. The van der Waals surface area contributed by atoms with Crippen molar-refractivity contribution in [2.24, 2.45) is 0 Å². The van der Waals surface area contributed by atoms with Gasteiger partial charge in [-0.1, -0.05) is 49.4 Å². The number of rotatable bonds is 4. The van der Waals surface area contributed by atoms with Gasteiger partial charge in [0.15, 0.2) is 0 Å². The van der Waals surface area contributed by atoms with E-state index in [0.717, 1.165) is 5.56 Å². The molecule has 0 spiro atoms. The summed E-state index contributed by atoms with van der Waals surface area (Å²) in [5.41, 5.74) is 2.74. The first kappa shape index (κ1) is 13.3. The van der Waals surface area contributed by atoms with Crippen molar-refractivity contribution in [3.63, 3.8) is 0 Å². The molecule has 0 saturated heterocycles. The van der Waals surface area contributed by atoms with Gasteiger partial charge in [-0.3, -0.25) is 4.79 Å². The standard InChI is InChI=1S/C17H18NO/c1-13-7-6-10-16(11-13)17(19)18-12-14(2)15-8-4-3-5-9-15/h3-11,14H,1,12H2,2H3,(H,18,19). The van der Waals surface area contributed by atoms with Crippen molar-refractivity contribution < 1.29 is 4.79 Å². The molecule has 0 saturated carbocycles. The summed E-state index contributed by atoms with van der Waals surface area (Å²) in [5, 5.41) is 2.96. The number of carbonyl (C=O) groups excluding carboxylic acids is 1. The predicted molar refractivity (Wildman–Crippen MR) is 78.1 cm³/mol. The summed E-state index contributed by atoms with van der Waals surface area (Å²) in [6, 6.07) is 17.5. The van der Waals surface area contributed by atoms with Crippen molar-refractivity contribution >= 4 is 5.91 Å². The maximum Gasteiger partial charge on any atom is 0.251 e. The van der Waals surface area contributed by atoms with Gasteiger partial charge in [0.1, 0.15) is 0 Å². The summed E-state index contributed by atoms with van der Waals surface area (Å²) < 4.78 is 0. The van der Waals surface area contributed by atoms with Crippen molar-refractivity contribution in [3.05, 3.63) is 78.2 Å². The lowest BCUT2D eigenvalue weighted by Gasteiger charge is -2.13. The first-order chi connectivity index (χ1) is 9.16. The number of amides is 1. The van der Waals surface area contributed by atoms with E-state index in [4.69, 9.17) is 0 Å². The van der Waals surface area contributed by atoms with E-state index >= 15 is 0 Å². The van der Waals surface area contributed by atoms with E-state index in [2.05, 4.69) is 31.3 Å². The maximum absolute atomic E-state index is 12.0. The largest absolute Gasteiger partial charge is 0.351 e. The molecule has 0 bridgehead atoms. The Morgan fingerprint density at radius 2 is 1.89 bits per heavy atom. The Labute approximate surface area is 114 Å². The number of hydrogen-bond donors (Lipinski definition) is 1. The van der Waals surface area contributed by atoms with Crippen molar-refractivity contribution in [2.75, 3.05) is 6.54 Å². The zero-order chi connectivity index (χ0) is 13.7. The van der Waals surface area contributed by atoms with Gasteiger partial charge in [0.2, 0.25) is 0 Å². The van der Waals surface area contributed by atoms with Crippen LogP contribution in [0.3, 0.4) is 0 Å². The molecule has 1 N–H and O–H groups in total. The Kier molecular flexibility index (Phi) is 4.35. The van der Waals surface area contributed by atoms with Gasteiger partial charge in [-0.25, -0.2) is 0 Å². The van der Waals surface area contributed by atoms with E-state index in [0.29, 0.717) is 18.0 Å². The SMILES string of the molecule is [CH2]c1cccc(C(=O)NCC(C)c2ccccc2)c1. The maximum atomic E-state index is 12.0. The van der Waals surface area contributed by atoms with Crippen LogP contribution in [-0.2, 0) is 0 Å². The zero-order valence-corrected chi connectivity index (χ0v) is 11.1. The first-order valence-corrected chi connectivity index (χ1v) is 6.42. The first-order valence-electron chi connectivity index (χ1n) is 6.42. The van der Waals surface area contributed by atoms with Crippen molar-refractivity contribution in [3.8, 4) is 0 Å². The summed E-state index contributed by atoms with van der Waals surface area (Å²) in [5.74, 6) is 0.251. The van der Waals surface area contributed by atoms with E-state index in [1.807, 2.05) is 30.3 Å². The minimum Gasteiger partial charge on any atom is -0.351 e. The van der Waals surface area contributed by atoms with Crippen LogP contribution in [-0.4, -0.2) is 12.5 Å². The summed E-state index contributed by atoms with van der Waals surface area (Å²) in [4.78, 5) is 12.0. The molecule has 2 heteroatoms. The second-order valence-corrected chi connectivity index (χ2v) is 4.72. The predicted octanol–water partition coefficient (Wildman–Crippen LogP) is 3.40. The van der Waals surface area contributed by atoms with Crippen molar-refractivity contribution in [2.45, 2.75) is 12.8 Å². The van der Waals surface area contributed by atoms with Crippen molar-refractivity contribution in [1.29, 1.82) is 0 Å². The number of benzene rings is 2. The molecule has 97 valence electrons. The molecule has 2 nitrogen and oxygen atoms in total. The molecule has 1 radical (unpaired) electrons. The van der Waals surface area contributed by atoms with Crippen LogP contribution in [0.4, 0.5) is 0 Å². The molecule has 0 heterocycles. The molecule has 0 aromatic heterocycles. The lowest BCUT2D eigenvalue weighted by atomic mass is 10.0. The van der Waals surface area contributed by atoms with Crippen LogP contribution in [0.1, 0.15) is 34.3 Å². The summed E-state index contributed by atoms with van der Waals surface area (Å²) >= 11 is 0. The van der Waals surface area contributed by atoms with Gasteiger partial charge in [0, 0.05) is 12.1 Å². The van der Waals surface area contributed by atoms with Crippen LogP contribution in [0.2, 0.25) is 0 Å². The molecule has 1 atom stereocenters. The van der Waals surface area contributed by atoms with Gasteiger partial charge in [-0.15, -0.1) is 0 Å². The van der Waals surface area contributed by atoms with Crippen LogP contribution in [0, 0.1) is 6.92 Å². The lowest BCUT2D eigenvalue weighted by molar-refractivity contribution is 0.0951. The molecule has 0 aliphatic rings. The summed E-state index contributed by atoms with van der Waals surface area (Å²) in [6.45, 7) is 6.56. The van der Waals surface area contributed by atoms with Gasteiger partial charge in [-0.2, -0.15) is 0 Å². The van der Waals surface area contributed by atoms with Crippen LogP contribution in [0.5, 0.6) is 0 Å². The highest BCUT2D eigenvalue weighted by Gasteiger charge is 2.09. The summed E-state index contributed by atoms with van der Waals surface area (Å²) in [6.07, 6.45) is 0. The molecule has 0 fully saturated rings. The average molecular weight is 252 g/mol. The Morgan fingerprint density at radius 1 is 1.16 bits per heavy atom. The van der Waals surface area contributed by atoms with Crippen LogP contribution < -0.4 is 5.32 Å². The molecule has 2 aromatic rings. The highest BCUT2D eigenvalue weighted by Crippen LogP contribution is 2.13. The highest BCUT2D eigenvalue weighted by molar-refractivity contribution is 5.94. The molecule has 19 heavy (non-hydrogen) atoms. The fraction of sp³-hybridized carbons (Fsp3) is 0.176. The second kappa shape index (κ2) is 6.19. The van der Waals surface area contributed by atoms with E-state index in [9.17, 15) is 4.79 Å². The fourth-order valence-corrected chi connectivity index (χ4v) is 1.96. The second-order valence-electron chi connectivity index (χ2n) is 4.72. The normalized spacial score (nSPS) is 11.9. The molecular weight excluding hydrogens is 234 g/mol. The van der Waals surface area contributed by atoms with Crippen LogP contribution in [0.25, 0.3) is 0 Å². The molecule has 1 amide bonds. The van der Waals surface area contributed by atoms with Crippen LogP contribution in [0.15, 0.2) is 54.6 Å². The van der Waals surface area contributed by atoms with E-state index in [-0.39, 0.29) is 5.91 Å². The highest BCUT2D eigenvalue weighted by atomic mass is 16.1. The third kappa shape index (κ3) is 3.68.